The van der Waals surface area contributed by atoms with Crippen LogP contribution in [0, 0.1) is 11.3 Å². The Bertz CT molecular complexity index is 1650. The molecule has 3 amide bonds. The van der Waals surface area contributed by atoms with Crippen LogP contribution in [0.3, 0.4) is 0 Å². The molecule has 0 spiro atoms. The molecule has 12 nitrogen and oxygen atoms in total. The molecular formula is C33H34N6O6. The SMILES string of the molecule is N#C[C@H](N[C@H](CC(=O)NC(Cc1ccccc1)C(N)=O)C(=O)O)[C@H](Cc1c[nH]c2ccccc12)NC(=O)OCc1ccccc1. The number of para-hydroxylation sites is 1. The van der Waals surface area contributed by atoms with E-state index in [1.807, 2.05) is 48.5 Å². The summed E-state index contributed by atoms with van der Waals surface area (Å²) in [5.74, 6) is -2.93. The third kappa shape index (κ3) is 9.41. The van der Waals surface area contributed by atoms with Gasteiger partial charge in [-0.3, -0.25) is 19.7 Å². The highest BCUT2D eigenvalue weighted by Crippen LogP contribution is 2.20. The van der Waals surface area contributed by atoms with Crippen LogP contribution in [-0.2, 0) is 38.6 Å². The number of nitrogens with two attached hydrogens (primary N) is 1. The van der Waals surface area contributed by atoms with E-state index in [1.54, 1.807) is 48.7 Å². The molecule has 12 heteroatoms. The number of carbonyl (C=O) groups excluding carboxylic acids is 3. The van der Waals surface area contributed by atoms with Gasteiger partial charge in [-0.05, 0) is 29.2 Å². The molecule has 0 saturated carbocycles. The van der Waals surface area contributed by atoms with Crippen LogP contribution in [-0.4, -0.2) is 58.1 Å². The molecule has 3 aromatic carbocycles. The molecule has 4 atom stereocenters. The van der Waals surface area contributed by atoms with Gasteiger partial charge < -0.3 is 31.2 Å². The highest BCUT2D eigenvalue weighted by atomic mass is 16.5. The number of hydrogen-bond donors (Lipinski definition) is 6. The molecule has 232 valence electrons. The number of benzene rings is 3. The number of aromatic amines is 1. The number of carbonyl (C=O) groups is 4. The summed E-state index contributed by atoms with van der Waals surface area (Å²) in [6, 6.07) is 22.6. The summed E-state index contributed by atoms with van der Waals surface area (Å²) in [6.45, 7) is -0.0148. The maximum Gasteiger partial charge on any atom is 0.407 e. The summed E-state index contributed by atoms with van der Waals surface area (Å²) in [7, 11) is 0. The van der Waals surface area contributed by atoms with Crippen molar-refractivity contribution in [1.29, 1.82) is 5.26 Å². The quantitative estimate of drug-likeness (QED) is 0.118. The summed E-state index contributed by atoms with van der Waals surface area (Å²) in [6.07, 6.45) is 0.595. The maximum atomic E-state index is 12.9. The number of ether oxygens (including phenoxy) is 1. The summed E-state index contributed by atoms with van der Waals surface area (Å²) >= 11 is 0. The number of hydrogen-bond acceptors (Lipinski definition) is 7. The number of aliphatic carboxylic acids is 1. The number of nitrogens with one attached hydrogen (secondary N) is 4. The molecule has 0 bridgehead atoms. The van der Waals surface area contributed by atoms with Crippen LogP contribution in [0.2, 0.25) is 0 Å². The van der Waals surface area contributed by atoms with Crippen molar-refractivity contribution < 1.29 is 29.0 Å². The first-order valence-corrected chi connectivity index (χ1v) is 14.3. The Morgan fingerprint density at radius 1 is 0.867 bits per heavy atom. The largest absolute Gasteiger partial charge is 0.480 e. The molecule has 0 radical (unpaired) electrons. The molecule has 0 fully saturated rings. The number of amides is 3. The monoisotopic (exact) mass is 610 g/mol. The fraction of sp³-hybridized carbons (Fsp3) is 0.242. The van der Waals surface area contributed by atoms with E-state index in [2.05, 4.69) is 20.9 Å². The Balaban J connectivity index is 1.48. The van der Waals surface area contributed by atoms with Gasteiger partial charge in [0, 0.05) is 23.5 Å². The Morgan fingerprint density at radius 2 is 1.51 bits per heavy atom. The molecule has 1 aromatic heterocycles. The fourth-order valence-electron chi connectivity index (χ4n) is 4.89. The molecule has 7 N–H and O–H groups in total. The van der Waals surface area contributed by atoms with Crippen molar-refractivity contribution in [3.05, 3.63) is 108 Å². The van der Waals surface area contributed by atoms with E-state index in [0.717, 1.165) is 27.6 Å². The third-order valence-corrected chi connectivity index (χ3v) is 7.20. The number of primary amides is 1. The lowest BCUT2D eigenvalue weighted by Crippen LogP contribution is -2.56. The number of carboxylic acid groups (broad SMARTS) is 1. The number of rotatable bonds is 15. The topological polar surface area (TPSA) is 199 Å². The average Bonchev–Trinajstić information content (AvgIpc) is 3.45. The number of alkyl carbamates (subject to hydrolysis) is 1. The predicted molar refractivity (Wildman–Crippen MR) is 165 cm³/mol. The minimum Gasteiger partial charge on any atom is -0.480 e. The number of aromatic nitrogens is 1. The molecule has 4 aromatic rings. The second-order valence-corrected chi connectivity index (χ2v) is 10.5. The van der Waals surface area contributed by atoms with Crippen molar-refractivity contribution >= 4 is 34.8 Å². The molecule has 0 aliphatic rings. The van der Waals surface area contributed by atoms with Crippen LogP contribution >= 0.6 is 0 Å². The van der Waals surface area contributed by atoms with Crippen LogP contribution in [0.15, 0.2) is 91.1 Å². The molecule has 0 saturated heterocycles. The predicted octanol–water partition coefficient (Wildman–Crippen LogP) is 2.54. The van der Waals surface area contributed by atoms with Gasteiger partial charge in [0.15, 0.2) is 0 Å². The second-order valence-electron chi connectivity index (χ2n) is 10.5. The van der Waals surface area contributed by atoms with Gasteiger partial charge in [-0.2, -0.15) is 5.26 Å². The van der Waals surface area contributed by atoms with Crippen LogP contribution in [0.1, 0.15) is 23.1 Å². The van der Waals surface area contributed by atoms with Crippen molar-refractivity contribution in [2.45, 2.75) is 50.0 Å². The van der Waals surface area contributed by atoms with Gasteiger partial charge in [0.2, 0.25) is 11.8 Å². The lowest BCUT2D eigenvalue weighted by molar-refractivity contribution is -0.141. The smallest absolute Gasteiger partial charge is 0.407 e. The van der Waals surface area contributed by atoms with Crippen molar-refractivity contribution in [2.24, 2.45) is 5.73 Å². The lowest BCUT2D eigenvalue weighted by atomic mass is 9.98. The van der Waals surface area contributed by atoms with Gasteiger partial charge in [-0.15, -0.1) is 0 Å². The number of H-pyrrole nitrogens is 1. The van der Waals surface area contributed by atoms with Crippen LogP contribution < -0.4 is 21.7 Å². The zero-order valence-electron chi connectivity index (χ0n) is 24.3. The molecule has 1 heterocycles. The van der Waals surface area contributed by atoms with Crippen molar-refractivity contribution in [3.63, 3.8) is 0 Å². The van der Waals surface area contributed by atoms with E-state index >= 15 is 0 Å². The Morgan fingerprint density at radius 3 is 2.16 bits per heavy atom. The lowest BCUT2D eigenvalue weighted by Gasteiger charge is -2.27. The first-order valence-electron chi connectivity index (χ1n) is 14.3. The molecule has 45 heavy (non-hydrogen) atoms. The van der Waals surface area contributed by atoms with E-state index in [-0.39, 0.29) is 19.4 Å². The second kappa shape index (κ2) is 15.7. The Labute approximate surface area is 259 Å². The first kappa shape index (κ1) is 32.2. The van der Waals surface area contributed by atoms with E-state index in [1.165, 1.54) is 0 Å². The molecule has 4 rings (SSSR count). The van der Waals surface area contributed by atoms with Gasteiger partial charge in [0.05, 0.1) is 18.5 Å². The van der Waals surface area contributed by atoms with Crippen molar-refractivity contribution in [1.82, 2.24) is 20.9 Å². The number of nitriles is 1. The Kier molecular flexibility index (Phi) is 11.3. The molecule has 0 aliphatic carbocycles. The normalized spacial score (nSPS) is 13.5. The van der Waals surface area contributed by atoms with E-state index in [4.69, 9.17) is 10.5 Å². The number of carboxylic acids is 1. The van der Waals surface area contributed by atoms with Gasteiger partial charge in [-0.25, -0.2) is 4.79 Å². The standard InChI is InChI=1S/C33H34N6O6/c34-18-29(37-28(32(42)43)17-30(40)38-27(31(35)41)15-21-9-3-1-4-10-21)26(16-23-19-36-25-14-8-7-13-24(23)25)39-33(44)45-20-22-11-5-2-6-12-22/h1-14,19,26-29,36-37H,15-17,20H2,(H2,35,41)(H,38,40)(H,39,44)(H,42,43)/t26-,27?,28+,29-/m0/s1. The zero-order chi connectivity index (χ0) is 32.2. The van der Waals surface area contributed by atoms with E-state index in [0.29, 0.717) is 0 Å². The van der Waals surface area contributed by atoms with Crippen molar-refractivity contribution in [2.75, 3.05) is 0 Å². The average molecular weight is 611 g/mol. The summed E-state index contributed by atoms with van der Waals surface area (Å²) in [4.78, 5) is 53.2. The van der Waals surface area contributed by atoms with E-state index < -0.39 is 54.5 Å². The third-order valence-electron chi connectivity index (χ3n) is 7.20. The molecule has 0 aliphatic heterocycles. The van der Waals surface area contributed by atoms with Gasteiger partial charge >= 0.3 is 12.1 Å². The van der Waals surface area contributed by atoms with Gasteiger partial charge in [0.1, 0.15) is 24.7 Å². The maximum absolute atomic E-state index is 12.9. The summed E-state index contributed by atoms with van der Waals surface area (Å²) < 4.78 is 5.37. The minimum atomic E-state index is -1.53. The van der Waals surface area contributed by atoms with Crippen LogP contribution in [0.4, 0.5) is 4.79 Å². The minimum absolute atomic E-state index is 0.0148. The van der Waals surface area contributed by atoms with Crippen LogP contribution in [0.25, 0.3) is 10.9 Å². The fourth-order valence-corrected chi connectivity index (χ4v) is 4.89. The number of nitrogens with zero attached hydrogens (tertiary/aromatic N) is 1. The van der Waals surface area contributed by atoms with Gasteiger partial charge in [0.25, 0.3) is 0 Å². The highest BCUT2D eigenvalue weighted by Gasteiger charge is 2.32. The van der Waals surface area contributed by atoms with Gasteiger partial charge in [-0.1, -0.05) is 78.9 Å². The summed E-state index contributed by atoms with van der Waals surface area (Å²) in [5, 5.41) is 28.9. The first-order chi connectivity index (χ1) is 21.7. The van der Waals surface area contributed by atoms with Crippen LogP contribution in [0.5, 0.6) is 0 Å². The number of fused-ring (bicyclic) bond motifs is 1. The molecular weight excluding hydrogens is 576 g/mol. The zero-order valence-corrected chi connectivity index (χ0v) is 24.3. The Hall–Kier alpha value is -5.67. The molecule has 1 unspecified atom stereocenters. The van der Waals surface area contributed by atoms with E-state index in [9.17, 15) is 29.5 Å². The summed E-state index contributed by atoms with van der Waals surface area (Å²) in [5.41, 5.74) is 8.63. The highest BCUT2D eigenvalue weighted by molar-refractivity contribution is 5.89. The van der Waals surface area contributed by atoms with Crippen molar-refractivity contribution in [3.8, 4) is 6.07 Å².